The van der Waals surface area contributed by atoms with Gasteiger partial charge in [-0.1, -0.05) is 91.0 Å². The first kappa shape index (κ1) is 17.8. The van der Waals surface area contributed by atoms with Crippen LogP contribution in [0, 0.1) is 0 Å². The molecular weight excluding hydrogens is 355 g/mol. The first-order valence-corrected chi connectivity index (χ1v) is 9.39. The highest BCUT2D eigenvalue weighted by Crippen LogP contribution is 2.42. The Morgan fingerprint density at radius 1 is 0.640 bits per heavy atom. The number of benzene rings is 3. The van der Waals surface area contributed by atoms with E-state index >= 15 is 0 Å². The Bertz CT molecular complexity index is 817. The molecule has 6 heteroatoms. The van der Waals surface area contributed by atoms with Gasteiger partial charge in [-0.3, -0.25) is 0 Å². The van der Waals surface area contributed by atoms with Crippen LogP contribution in [-0.4, -0.2) is 8.42 Å². The summed E-state index contributed by atoms with van der Waals surface area (Å²) >= 11 is 0. The third-order valence-corrected chi connectivity index (χ3v) is 5.28. The summed E-state index contributed by atoms with van der Waals surface area (Å²) in [6.07, 6.45) is 0. The molecule has 0 aliphatic carbocycles. The number of rotatable bonds is 6. The maximum Gasteiger partial charge on any atom is 0.403 e. The van der Waals surface area contributed by atoms with Crippen molar-refractivity contribution in [3.05, 3.63) is 108 Å². The van der Waals surface area contributed by atoms with Crippen LogP contribution in [0.4, 0.5) is 0 Å². The van der Waals surface area contributed by atoms with Gasteiger partial charge >= 0.3 is 10.4 Å². The van der Waals surface area contributed by atoms with E-state index in [9.17, 15) is 8.42 Å². The molecule has 0 saturated carbocycles. The molecule has 0 aliphatic rings. The Morgan fingerprint density at radius 3 is 1.24 bits per heavy atom. The third-order valence-electron chi connectivity index (χ3n) is 3.89. The summed E-state index contributed by atoms with van der Waals surface area (Å²) < 4.78 is 34.7. The van der Waals surface area contributed by atoms with Crippen LogP contribution in [0.3, 0.4) is 0 Å². The maximum absolute atomic E-state index is 12.3. The minimum absolute atomic E-state index is 0.679. The molecule has 0 heterocycles. The first-order valence-electron chi connectivity index (χ1n) is 7.59. The van der Waals surface area contributed by atoms with Crippen LogP contribution in [0.15, 0.2) is 91.0 Å². The van der Waals surface area contributed by atoms with Gasteiger partial charge in [0.2, 0.25) is 0 Å². The van der Waals surface area contributed by atoms with E-state index in [0.29, 0.717) is 16.7 Å². The summed E-state index contributed by atoms with van der Waals surface area (Å²) in [6.45, 7) is 0. The highest BCUT2D eigenvalue weighted by molar-refractivity contribution is 7.84. The molecule has 0 bridgehead atoms. The molecule has 128 valence electrons. The minimum atomic E-state index is -4.26. The standard InChI is InChI=1S/C19H17O4PS/c20-25(21,23-24)22-19(16-10-4-1-5-11-16,17-12-6-2-7-13-17)18-14-8-3-9-15-18/h1-15H,24H2. The van der Waals surface area contributed by atoms with Gasteiger partial charge in [0.05, 0.1) is 0 Å². The number of hydrogen-bond acceptors (Lipinski definition) is 4. The molecule has 3 rings (SSSR count). The molecular formula is C19H17O4PS. The molecule has 4 nitrogen and oxygen atoms in total. The summed E-state index contributed by atoms with van der Waals surface area (Å²) in [5.74, 6) is 0. The van der Waals surface area contributed by atoms with Crippen LogP contribution in [0.25, 0.3) is 0 Å². The lowest BCUT2D eigenvalue weighted by atomic mass is 9.80. The van der Waals surface area contributed by atoms with Crippen LogP contribution < -0.4 is 0 Å². The summed E-state index contributed by atoms with van der Waals surface area (Å²) in [5, 5.41) is 0. The van der Waals surface area contributed by atoms with E-state index in [1.807, 2.05) is 91.0 Å². The van der Waals surface area contributed by atoms with E-state index in [1.165, 1.54) is 0 Å². The Labute approximate surface area is 150 Å². The molecule has 3 aromatic rings. The maximum atomic E-state index is 12.3. The molecule has 1 atom stereocenters. The molecule has 25 heavy (non-hydrogen) atoms. The Morgan fingerprint density at radius 2 is 0.960 bits per heavy atom. The molecule has 0 spiro atoms. The van der Waals surface area contributed by atoms with Crippen molar-refractivity contribution < 1.29 is 16.6 Å². The lowest BCUT2D eigenvalue weighted by Crippen LogP contribution is -2.35. The zero-order valence-corrected chi connectivity index (χ0v) is 15.3. The van der Waals surface area contributed by atoms with Gasteiger partial charge < -0.3 is 0 Å². The topological polar surface area (TPSA) is 52.6 Å². The predicted molar refractivity (Wildman–Crippen MR) is 100 cm³/mol. The van der Waals surface area contributed by atoms with Gasteiger partial charge in [-0.2, -0.15) is 8.42 Å². The summed E-state index contributed by atoms with van der Waals surface area (Å²) in [6, 6.07) is 27.6. The van der Waals surface area contributed by atoms with Gasteiger partial charge in [0.15, 0.2) is 5.60 Å². The van der Waals surface area contributed by atoms with E-state index in [1.54, 1.807) is 9.47 Å². The van der Waals surface area contributed by atoms with E-state index < -0.39 is 16.0 Å². The fraction of sp³-hybridized carbons (Fsp3) is 0.0526. The van der Waals surface area contributed by atoms with Gasteiger partial charge in [0.1, 0.15) is 0 Å². The van der Waals surface area contributed by atoms with Crippen molar-refractivity contribution in [3.8, 4) is 0 Å². The summed E-state index contributed by atoms with van der Waals surface area (Å²) in [5.41, 5.74) is 0.674. The van der Waals surface area contributed by atoms with Gasteiger partial charge in [0.25, 0.3) is 0 Å². The van der Waals surface area contributed by atoms with Gasteiger partial charge in [0, 0.05) is 9.47 Å². The minimum Gasteiger partial charge on any atom is -0.233 e. The summed E-state index contributed by atoms with van der Waals surface area (Å²) in [4.78, 5) is 0. The third kappa shape index (κ3) is 3.65. The molecule has 0 N–H and O–H groups in total. The van der Waals surface area contributed by atoms with Crippen molar-refractivity contribution in [2.75, 3.05) is 0 Å². The van der Waals surface area contributed by atoms with E-state index in [0.717, 1.165) is 0 Å². The molecule has 0 radical (unpaired) electrons. The van der Waals surface area contributed by atoms with Crippen LogP contribution >= 0.6 is 9.47 Å². The molecule has 0 aromatic heterocycles. The fourth-order valence-corrected chi connectivity index (χ4v) is 3.59. The van der Waals surface area contributed by atoms with Gasteiger partial charge in [-0.05, 0) is 16.7 Å². The number of hydrogen-bond donors (Lipinski definition) is 0. The second kappa shape index (κ2) is 7.46. The predicted octanol–water partition coefficient (Wildman–Crippen LogP) is 4.05. The van der Waals surface area contributed by atoms with Crippen molar-refractivity contribution in [2.24, 2.45) is 0 Å². The average molecular weight is 372 g/mol. The van der Waals surface area contributed by atoms with E-state index in [-0.39, 0.29) is 0 Å². The Hall–Kier alpha value is -2.04. The van der Waals surface area contributed by atoms with Crippen LogP contribution in [-0.2, 0) is 24.2 Å². The highest BCUT2D eigenvalue weighted by Gasteiger charge is 2.42. The van der Waals surface area contributed by atoms with Crippen molar-refractivity contribution in [1.29, 1.82) is 0 Å². The van der Waals surface area contributed by atoms with E-state index in [2.05, 4.69) is 3.97 Å². The van der Waals surface area contributed by atoms with Crippen LogP contribution in [0.5, 0.6) is 0 Å². The van der Waals surface area contributed by atoms with Crippen LogP contribution in [0.1, 0.15) is 16.7 Å². The van der Waals surface area contributed by atoms with Crippen molar-refractivity contribution in [2.45, 2.75) is 5.60 Å². The normalized spacial score (nSPS) is 12.0. The summed E-state index contributed by atoms with van der Waals surface area (Å²) in [7, 11) is -2.53. The quantitative estimate of drug-likeness (QED) is 0.484. The average Bonchev–Trinajstić information content (AvgIpc) is 2.68. The second-order valence-corrected chi connectivity index (χ2v) is 7.12. The lowest BCUT2D eigenvalue weighted by Gasteiger charge is -2.34. The zero-order valence-electron chi connectivity index (χ0n) is 13.3. The monoisotopic (exact) mass is 372 g/mol. The molecule has 3 aromatic carbocycles. The molecule has 0 amide bonds. The van der Waals surface area contributed by atoms with Gasteiger partial charge in [-0.15, -0.1) is 0 Å². The molecule has 0 aliphatic heterocycles. The fourth-order valence-electron chi connectivity index (χ4n) is 2.84. The van der Waals surface area contributed by atoms with E-state index in [4.69, 9.17) is 4.18 Å². The first-order chi connectivity index (χ1) is 12.1. The molecule has 0 saturated heterocycles. The van der Waals surface area contributed by atoms with Crippen LogP contribution in [0.2, 0.25) is 0 Å². The SMILES string of the molecule is O=S(=O)(OP)OC(c1ccccc1)(c1ccccc1)c1ccccc1. The zero-order chi connectivity index (χ0) is 17.8. The van der Waals surface area contributed by atoms with Gasteiger partial charge in [-0.25, -0.2) is 8.15 Å². The Balaban J connectivity index is 2.36. The molecule has 0 fully saturated rings. The van der Waals surface area contributed by atoms with Crippen molar-refractivity contribution in [1.82, 2.24) is 0 Å². The highest BCUT2D eigenvalue weighted by atomic mass is 32.3. The van der Waals surface area contributed by atoms with Crippen molar-refractivity contribution >= 4 is 19.9 Å². The largest absolute Gasteiger partial charge is 0.403 e. The second-order valence-electron chi connectivity index (χ2n) is 5.37. The lowest BCUT2D eigenvalue weighted by molar-refractivity contribution is 0.146. The smallest absolute Gasteiger partial charge is 0.233 e. The Kier molecular flexibility index (Phi) is 5.30. The van der Waals surface area contributed by atoms with Crippen molar-refractivity contribution in [3.63, 3.8) is 0 Å². The molecule has 1 unspecified atom stereocenters.